The van der Waals surface area contributed by atoms with Crippen LogP contribution in [-0.4, -0.2) is 32.5 Å². The molecular formula is C16H14Cl2N2O6S. The lowest BCUT2D eigenvalue weighted by Crippen LogP contribution is -2.44. The van der Waals surface area contributed by atoms with Gasteiger partial charge in [0, 0.05) is 11.1 Å². The number of sulfonamides is 1. The van der Waals surface area contributed by atoms with Crippen LogP contribution in [0.2, 0.25) is 5.02 Å². The number of hydrogen-bond donors (Lipinski definition) is 1. The standard InChI is InChI=1S/C16H14Cl2N2O6S/c1-26-16(21)15(14(18)10-6-2-3-7-11(10)17)19-27(24,25)13-9-5-4-8-12(13)20(22)23/h2-9,14-15,19H,1H3/t14-,15-/m1/s1. The predicted molar refractivity (Wildman–Crippen MR) is 99.3 cm³/mol. The molecule has 0 aromatic heterocycles. The average molecular weight is 433 g/mol. The van der Waals surface area contributed by atoms with Crippen LogP contribution in [0.1, 0.15) is 10.9 Å². The van der Waals surface area contributed by atoms with E-state index < -0.39 is 42.9 Å². The van der Waals surface area contributed by atoms with E-state index in [9.17, 15) is 23.3 Å². The van der Waals surface area contributed by atoms with Crippen LogP contribution in [0.25, 0.3) is 0 Å². The summed E-state index contributed by atoms with van der Waals surface area (Å²) in [6.45, 7) is 0. The number of benzene rings is 2. The second-order valence-corrected chi connectivity index (χ2v) is 7.83. The smallest absolute Gasteiger partial charge is 0.325 e. The second kappa shape index (κ2) is 8.66. The number of carbonyl (C=O) groups is 1. The Morgan fingerprint density at radius 2 is 1.78 bits per heavy atom. The Kier molecular flexibility index (Phi) is 6.77. The van der Waals surface area contributed by atoms with Gasteiger partial charge in [0.15, 0.2) is 4.90 Å². The summed E-state index contributed by atoms with van der Waals surface area (Å²) < 4.78 is 32.1. The number of para-hydroxylation sites is 1. The summed E-state index contributed by atoms with van der Waals surface area (Å²) in [4.78, 5) is 21.8. The summed E-state index contributed by atoms with van der Waals surface area (Å²) in [5.41, 5.74) is -0.348. The maximum absolute atomic E-state index is 12.7. The lowest BCUT2D eigenvalue weighted by atomic mass is 10.1. The summed E-state index contributed by atoms with van der Waals surface area (Å²) in [6, 6.07) is 9.46. The summed E-state index contributed by atoms with van der Waals surface area (Å²) in [5, 5.41) is 10.1. The fourth-order valence-corrected chi connectivity index (χ4v) is 4.41. The number of nitrogens with one attached hydrogen (secondary N) is 1. The molecule has 11 heteroatoms. The van der Waals surface area contributed by atoms with E-state index in [1.807, 2.05) is 0 Å². The number of esters is 1. The first-order valence-electron chi connectivity index (χ1n) is 7.41. The van der Waals surface area contributed by atoms with Gasteiger partial charge in [-0.1, -0.05) is 41.9 Å². The van der Waals surface area contributed by atoms with Crippen molar-refractivity contribution in [3.8, 4) is 0 Å². The monoisotopic (exact) mass is 432 g/mol. The molecule has 2 rings (SSSR count). The van der Waals surface area contributed by atoms with Gasteiger partial charge in [-0.05, 0) is 17.7 Å². The zero-order valence-electron chi connectivity index (χ0n) is 13.8. The number of methoxy groups -OCH3 is 1. The number of ether oxygens (including phenoxy) is 1. The largest absolute Gasteiger partial charge is 0.468 e. The molecule has 2 atom stereocenters. The van der Waals surface area contributed by atoms with E-state index in [0.29, 0.717) is 5.56 Å². The van der Waals surface area contributed by atoms with Crippen molar-refractivity contribution in [2.75, 3.05) is 7.11 Å². The van der Waals surface area contributed by atoms with Crippen molar-refractivity contribution in [1.29, 1.82) is 0 Å². The van der Waals surface area contributed by atoms with Crippen LogP contribution in [0.4, 0.5) is 5.69 Å². The molecule has 0 bridgehead atoms. The Morgan fingerprint density at radius 3 is 2.37 bits per heavy atom. The quantitative estimate of drug-likeness (QED) is 0.311. The Labute approximate surface area is 165 Å². The lowest BCUT2D eigenvalue weighted by molar-refractivity contribution is -0.387. The number of halogens is 2. The van der Waals surface area contributed by atoms with Gasteiger partial charge >= 0.3 is 5.97 Å². The fourth-order valence-electron chi connectivity index (χ4n) is 2.30. The average Bonchev–Trinajstić information content (AvgIpc) is 2.65. The molecule has 0 fully saturated rings. The highest BCUT2D eigenvalue weighted by Crippen LogP contribution is 2.32. The number of nitro groups is 1. The zero-order chi connectivity index (χ0) is 20.2. The first-order chi connectivity index (χ1) is 12.7. The van der Waals surface area contributed by atoms with Gasteiger partial charge in [0.05, 0.1) is 17.4 Å². The molecule has 0 amide bonds. The molecule has 0 unspecified atom stereocenters. The highest BCUT2D eigenvalue weighted by atomic mass is 35.5. The normalized spacial score (nSPS) is 13.6. The van der Waals surface area contributed by atoms with Crippen LogP contribution in [0.3, 0.4) is 0 Å². The van der Waals surface area contributed by atoms with E-state index in [1.54, 1.807) is 12.1 Å². The number of carbonyl (C=O) groups excluding carboxylic acids is 1. The van der Waals surface area contributed by atoms with Crippen LogP contribution >= 0.6 is 23.2 Å². The first kappa shape index (κ1) is 21.1. The highest BCUT2D eigenvalue weighted by Gasteiger charge is 2.36. The summed E-state index contributed by atoms with van der Waals surface area (Å²) in [7, 11) is -3.42. The van der Waals surface area contributed by atoms with E-state index in [-0.39, 0.29) is 5.02 Å². The maximum atomic E-state index is 12.7. The van der Waals surface area contributed by atoms with Gasteiger partial charge in [-0.25, -0.2) is 8.42 Å². The number of nitro benzene ring substituents is 1. The molecule has 2 aromatic carbocycles. The molecule has 0 radical (unpaired) electrons. The fraction of sp³-hybridized carbons (Fsp3) is 0.188. The molecule has 27 heavy (non-hydrogen) atoms. The maximum Gasteiger partial charge on any atom is 0.325 e. The molecule has 1 N–H and O–H groups in total. The van der Waals surface area contributed by atoms with Gasteiger partial charge in [0.25, 0.3) is 5.69 Å². The van der Waals surface area contributed by atoms with E-state index >= 15 is 0 Å². The molecule has 0 saturated heterocycles. The molecule has 0 spiro atoms. The van der Waals surface area contributed by atoms with Crippen LogP contribution in [0.15, 0.2) is 53.4 Å². The molecule has 0 saturated carbocycles. The van der Waals surface area contributed by atoms with Crippen molar-refractivity contribution in [1.82, 2.24) is 4.72 Å². The lowest BCUT2D eigenvalue weighted by Gasteiger charge is -2.22. The number of nitrogens with zero attached hydrogens (tertiary/aromatic N) is 1. The van der Waals surface area contributed by atoms with E-state index in [4.69, 9.17) is 23.2 Å². The van der Waals surface area contributed by atoms with Crippen LogP contribution in [-0.2, 0) is 19.6 Å². The molecule has 0 aliphatic carbocycles. The molecule has 144 valence electrons. The SMILES string of the molecule is COC(=O)[C@H](NS(=O)(=O)c1ccccc1[N+](=O)[O-])[C@H](Cl)c1ccccc1Cl. The Bertz CT molecular complexity index is 967. The predicted octanol–water partition coefficient (Wildman–Crippen LogP) is 3.05. The van der Waals surface area contributed by atoms with E-state index in [0.717, 1.165) is 19.2 Å². The van der Waals surface area contributed by atoms with Crippen molar-refractivity contribution in [3.05, 3.63) is 69.2 Å². The minimum Gasteiger partial charge on any atom is -0.468 e. The van der Waals surface area contributed by atoms with Crippen LogP contribution in [0, 0.1) is 10.1 Å². The van der Waals surface area contributed by atoms with Gasteiger partial charge in [-0.2, -0.15) is 4.72 Å². The van der Waals surface area contributed by atoms with E-state index in [2.05, 4.69) is 9.46 Å². The summed E-state index contributed by atoms with van der Waals surface area (Å²) >= 11 is 12.4. The van der Waals surface area contributed by atoms with Crippen molar-refractivity contribution < 1.29 is 22.9 Å². The van der Waals surface area contributed by atoms with Gasteiger partial charge in [0.2, 0.25) is 10.0 Å². The van der Waals surface area contributed by atoms with Crippen molar-refractivity contribution in [2.24, 2.45) is 0 Å². The van der Waals surface area contributed by atoms with Gasteiger partial charge in [0.1, 0.15) is 6.04 Å². The third-order valence-corrected chi connectivity index (χ3v) is 5.90. The number of rotatable bonds is 7. The van der Waals surface area contributed by atoms with E-state index in [1.165, 1.54) is 24.3 Å². The van der Waals surface area contributed by atoms with Gasteiger partial charge in [-0.15, -0.1) is 11.6 Å². The van der Waals surface area contributed by atoms with Crippen molar-refractivity contribution in [3.63, 3.8) is 0 Å². The third-order valence-electron chi connectivity index (χ3n) is 3.58. The topological polar surface area (TPSA) is 116 Å². The van der Waals surface area contributed by atoms with Crippen molar-refractivity contribution >= 4 is 44.9 Å². The number of hydrogen-bond acceptors (Lipinski definition) is 6. The van der Waals surface area contributed by atoms with Crippen LogP contribution < -0.4 is 4.72 Å². The zero-order valence-corrected chi connectivity index (χ0v) is 16.2. The second-order valence-electron chi connectivity index (χ2n) is 5.27. The summed E-state index contributed by atoms with van der Waals surface area (Å²) in [6.07, 6.45) is 0. The molecule has 0 heterocycles. The minimum atomic E-state index is -4.48. The summed E-state index contributed by atoms with van der Waals surface area (Å²) in [5.74, 6) is -0.975. The highest BCUT2D eigenvalue weighted by molar-refractivity contribution is 7.89. The van der Waals surface area contributed by atoms with Gasteiger partial charge in [-0.3, -0.25) is 14.9 Å². The Morgan fingerprint density at radius 1 is 1.19 bits per heavy atom. The first-order valence-corrected chi connectivity index (χ1v) is 9.71. The van der Waals surface area contributed by atoms with Crippen molar-refractivity contribution in [2.45, 2.75) is 16.3 Å². The molecule has 0 aliphatic heterocycles. The Balaban J connectivity index is 2.46. The van der Waals surface area contributed by atoms with Crippen LogP contribution in [0.5, 0.6) is 0 Å². The third kappa shape index (κ3) is 4.75. The molecule has 2 aromatic rings. The Hall–Kier alpha value is -2.20. The minimum absolute atomic E-state index is 0.219. The van der Waals surface area contributed by atoms with Gasteiger partial charge < -0.3 is 4.74 Å². The molecular weight excluding hydrogens is 419 g/mol. The molecule has 8 nitrogen and oxygen atoms in total. The molecule has 0 aliphatic rings. The number of alkyl halides is 1.